The lowest BCUT2D eigenvalue weighted by molar-refractivity contribution is 0.391. The van der Waals surface area contributed by atoms with Gasteiger partial charge in [0, 0.05) is 5.92 Å². The Kier molecular flexibility index (Phi) is 6.37. The third-order valence-corrected chi connectivity index (χ3v) is 4.11. The molecule has 3 unspecified atom stereocenters. The molecule has 1 aliphatic carbocycles. The molecule has 0 heteroatoms. The van der Waals surface area contributed by atoms with Gasteiger partial charge in [-0.15, -0.1) is 5.73 Å². The van der Waals surface area contributed by atoms with Crippen LogP contribution in [-0.2, 0) is 0 Å². The Labute approximate surface area is 108 Å². The molecule has 0 bridgehead atoms. The minimum atomic E-state index is 0.609. The molecule has 0 aromatic heterocycles. The summed E-state index contributed by atoms with van der Waals surface area (Å²) in [6.07, 6.45) is 13.3. The summed E-state index contributed by atoms with van der Waals surface area (Å²) in [6.45, 7) is 9.18. The zero-order chi connectivity index (χ0) is 12.7. The second-order valence-corrected chi connectivity index (χ2v) is 5.46. The van der Waals surface area contributed by atoms with Crippen molar-refractivity contribution in [3.63, 3.8) is 0 Å². The van der Waals surface area contributed by atoms with Gasteiger partial charge in [0.2, 0.25) is 0 Å². The molecule has 17 heavy (non-hydrogen) atoms. The van der Waals surface area contributed by atoms with Crippen LogP contribution in [0.5, 0.6) is 0 Å². The Morgan fingerprint density at radius 3 is 2.76 bits per heavy atom. The van der Waals surface area contributed by atoms with Crippen molar-refractivity contribution in [1.82, 2.24) is 0 Å². The molecule has 0 aliphatic heterocycles. The van der Waals surface area contributed by atoms with E-state index in [1.165, 1.54) is 25.7 Å². The Balaban J connectivity index is 2.79. The molecule has 0 aromatic rings. The van der Waals surface area contributed by atoms with E-state index in [9.17, 15) is 0 Å². The van der Waals surface area contributed by atoms with Crippen molar-refractivity contribution in [2.75, 3.05) is 0 Å². The predicted molar refractivity (Wildman–Crippen MR) is 77.0 cm³/mol. The Morgan fingerprint density at radius 2 is 2.12 bits per heavy atom. The molecule has 0 aromatic carbocycles. The van der Waals surface area contributed by atoms with Crippen LogP contribution in [0.4, 0.5) is 0 Å². The maximum atomic E-state index is 3.39. The van der Waals surface area contributed by atoms with Gasteiger partial charge in [-0.2, -0.15) is 0 Å². The molecule has 0 N–H and O–H groups in total. The van der Waals surface area contributed by atoms with Crippen LogP contribution in [0.2, 0.25) is 0 Å². The van der Waals surface area contributed by atoms with Crippen LogP contribution in [0.25, 0.3) is 0 Å². The average molecular weight is 232 g/mol. The number of unbranched alkanes of at least 4 members (excludes halogenated alkanes) is 1. The first kappa shape index (κ1) is 14.3. The molecule has 0 spiro atoms. The number of allylic oxidation sites excluding steroid dienone is 3. The highest BCUT2D eigenvalue weighted by Gasteiger charge is 2.21. The minimum Gasteiger partial charge on any atom is -0.129 e. The number of hydrogen-bond donors (Lipinski definition) is 0. The molecule has 0 saturated carbocycles. The fourth-order valence-electron chi connectivity index (χ4n) is 2.56. The van der Waals surface area contributed by atoms with E-state index in [0.29, 0.717) is 5.92 Å². The Hall–Kier alpha value is -0.740. The first-order valence-corrected chi connectivity index (χ1v) is 7.28. The normalized spacial score (nSPS) is 28.9. The molecule has 1 rings (SSSR count). The Morgan fingerprint density at radius 1 is 1.35 bits per heavy atom. The van der Waals surface area contributed by atoms with Gasteiger partial charge >= 0.3 is 0 Å². The largest absolute Gasteiger partial charge is 0.129 e. The third kappa shape index (κ3) is 4.56. The van der Waals surface area contributed by atoms with E-state index >= 15 is 0 Å². The summed E-state index contributed by atoms with van der Waals surface area (Å²) in [5.41, 5.74) is 4.96. The van der Waals surface area contributed by atoms with Crippen LogP contribution >= 0.6 is 0 Å². The standard InChI is InChI=1S/C17H28/c1-5-7-8-9-10-17-13-15(4)14(3)11-12-16(17)6-2/h8,10,13-14,16-17H,5-7,11-12H2,1-4H3. The maximum Gasteiger partial charge on any atom is 0.00532 e. The van der Waals surface area contributed by atoms with E-state index in [0.717, 1.165) is 18.3 Å². The van der Waals surface area contributed by atoms with Gasteiger partial charge < -0.3 is 0 Å². The second-order valence-electron chi connectivity index (χ2n) is 5.46. The van der Waals surface area contributed by atoms with Gasteiger partial charge in [-0.1, -0.05) is 45.3 Å². The molecule has 3 atom stereocenters. The summed E-state index contributed by atoms with van der Waals surface area (Å²) >= 11 is 0. The van der Waals surface area contributed by atoms with Crippen molar-refractivity contribution in [3.05, 3.63) is 29.5 Å². The second kappa shape index (κ2) is 7.56. The highest BCUT2D eigenvalue weighted by Crippen LogP contribution is 2.33. The first-order chi connectivity index (χ1) is 8.19. The van der Waals surface area contributed by atoms with Crippen LogP contribution < -0.4 is 0 Å². The summed E-state index contributed by atoms with van der Waals surface area (Å²) in [7, 11) is 0. The number of hydrogen-bond acceptors (Lipinski definition) is 0. The third-order valence-electron chi connectivity index (χ3n) is 4.11. The lowest BCUT2D eigenvalue weighted by atomic mass is 9.87. The van der Waals surface area contributed by atoms with Crippen molar-refractivity contribution in [3.8, 4) is 0 Å². The van der Waals surface area contributed by atoms with Gasteiger partial charge in [0.1, 0.15) is 0 Å². The molecule has 1 aliphatic rings. The lowest BCUT2D eigenvalue weighted by Crippen LogP contribution is -2.08. The van der Waals surface area contributed by atoms with Gasteiger partial charge in [-0.3, -0.25) is 0 Å². The van der Waals surface area contributed by atoms with Crippen molar-refractivity contribution >= 4 is 0 Å². The molecular weight excluding hydrogens is 204 g/mol. The van der Waals surface area contributed by atoms with Gasteiger partial charge in [-0.25, -0.2) is 0 Å². The van der Waals surface area contributed by atoms with Crippen LogP contribution in [0.1, 0.15) is 59.8 Å². The van der Waals surface area contributed by atoms with Crippen molar-refractivity contribution in [2.24, 2.45) is 17.8 Å². The van der Waals surface area contributed by atoms with Crippen LogP contribution in [0, 0.1) is 17.8 Å². The van der Waals surface area contributed by atoms with E-state index in [2.05, 4.69) is 51.7 Å². The fraction of sp³-hybridized carbons (Fsp3) is 0.706. The quantitative estimate of drug-likeness (QED) is 0.442. The minimum absolute atomic E-state index is 0.609. The van der Waals surface area contributed by atoms with E-state index in [-0.39, 0.29) is 0 Å². The summed E-state index contributed by atoms with van der Waals surface area (Å²) in [5.74, 6) is 2.19. The topological polar surface area (TPSA) is 0 Å². The summed E-state index contributed by atoms with van der Waals surface area (Å²) in [6, 6.07) is 0. The molecule has 0 radical (unpaired) electrons. The van der Waals surface area contributed by atoms with Crippen LogP contribution in [0.15, 0.2) is 29.5 Å². The van der Waals surface area contributed by atoms with Gasteiger partial charge in [0.15, 0.2) is 0 Å². The number of rotatable bonds is 4. The molecule has 0 heterocycles. The monoisotopic (exact) mass is 232 g/mol. The van der Waals surface area contributed by atoms with E-state index in [1.807, 2.05) is 0 Å². The first-order valence-electron chi connectivity index (χ1n) is 7.28. The maximum absolute atomic E-state index is 3.39. The Bertz CT molecular complexity index is 302. The van der Waals surface area contributed by atoms with E-state index < -0.39 is 0 Å². The molecular formula is C17H28. The van der Waals surface area contributed by atoms with Crippen LogP contribution in [-0.4, -0.2) is 0 Å². The van der Waals surface area contributed by atoms with Crippen molar-refractivity contribution < 1.29 is 0 Å². The summed E-state index contributed by atoms with van der Waals surface area (Å²) in [5, 5.41) is 0. The lowest BCUT2D eigenvalue weighted by Gasteiger charge is -2.17. The summed E-state index contributed by atoms with van der Waals surface area (Å²) < 4.78 is 0. The molecule has 0 amide bonds. The zero-order valence-corrected chi connectivity index (χ0v) is 12.0. The van der Waals surface area contributed by atoms with Gasteiger partial charge in [-0.05, 0) is 50.2 Å². The SMILES string of the molecule is CCCC=C=CC1C=C(C)C(C)CCC1CC. The molecule has 0 nitrogen and oxygen atoms in total. The fourth-order valence-corrected chi connectivity index (χ4v) is 2.56. The van der Waals surface area contributed by atoms with E-state index in [1.54, 1.807) is 5.57 Å². The molecule has 0 fully saturated rings. The summed E-state index contributed by atoms with van der Waals surface area (Å²) in [4.78, 5) is 0. The van der Waals surface area contributed by atoms with Crippen molar-refractivity contribution in [2.45, 2.75) is 59.8 Å². The molecule has 96 valence electrons. The highest BCUT2D eigenvalue weighted by atomic mass is 14.3. The average Bonchev–Trinajstić information content (AvgIpc) is 2.46. The van der Waals surface area contributed by atoms with Crippen LogP contribution in [0.3, 0.4) is 0 Å². The predicted octanol–water partition coefficient (Wildman–Crippen LogP) is 5.52. The zero-order valence-electron chi connectivity index (χ0n) is 12.0. The molecule has 0 saturated heterocycles. The van der Waals surface area contributed by atoms with Gasteiger partial charge in [0.05, 0.1) is 0 Å². The van der Waals surface area contributed by atoms with Gasteiger partial charge in [0.25, 0.3) is 0 Å². The van der Waals surface area contributed by atoms with E-state index in [4.69, 9.17) is 0 Å². The highest BCUT2D eigenvalue weighted by molar-refractivity contribution is 5.13. The smallest absolute Gasteiger partial charge is 0.00532 e. The van der Waals surface area contributed by atoms with Crippen molar-refractivity contribution in [1.29, 1.82) is 0 Å².